The molecule has 0 aromatic carbocycles. The molecule has 0 aliphatic rings. The van der Waals surface area contributed by atoms with Gasteiger partial charge >= 0.3 is 0 Å². The third-order valence-corrected chi connectivity index (χ3v) is 3.84. The van der Waals surface area contributed by atoms with E-state index < -0.39 is 6.29 Å². The molecule has 0 fully saturated rings. The molecule has 0 saturated heterocycles. The molecule has 0 atom stereocenters. The van der Waals surface area contributed by atoms with E-state index in [0.717, 1.165) is 28.3 Å². The second-order valence-electron chi connectivity index (χ2n) is 5.34. The summed E-state index contributed by atoms with van der Waals surface area (Å²) in [6.07, 6.45) is 4.54. The number of rotatable bonds is 5. The van der Waals surface area contributed by atoms with Crippen LogP contribution in [-0.4, -0.2) is 43.8 Å². The van der Waals surface area contributed by atoms with E-state index in [4.69, 9.17) is 9.47 Å². The maximum absolute atomic E-state index is 5.32. The van der Waals surface area contributed by atoms with Crippen LogP contribution in [0.4, 0.5) is 0 Å². The van der Waals surface area contributed by atoms with Gasteiger partial charge < -0.3 is 14.5 Å². The Hall–Kier alpha value is -3.10. The van der Waals surface area contributed by atoms with Crippen LogP contribution in [0.15, 0.2) is 49.1 Å². The van der Waals surface area contributed by atoms with Gasteiger partial charge in [0.05, 0.1) is 17.1 Å². The summed E-state index contributed by atoms with van der Waals surface area (Å²) in [6, 6.07) is 9.56. The highest BCUT2D eigenvalue weighted by atomic mass is 16.7. The maximum atomic E-state index is 5.32. The van der Waals surface area contributed by atoms with Crippen molar-refractivity contribution in [2.45, 2.75) is 6.29 Å². The number of hydrogen-bond donors (Lipinski definition) is 1. The number of H-pyrrole nitrogens is 1. The molecule has 4 heterocycles. The normalized spacial score (nSPS) is 11.5. The summed E-state index contributed by atoms with van der Waals surface area (Å²) in [6.45, 7) is 0. The van der Waals surface area contributed by atoms with E-state index in [1.54, 1.807) is 24.9 Å². The summed E-state index contributed by atoms with van der Waals surface area (Å²) in [4.78, 5) is 16.5. The number of aromatic nitrogens is 6. The topological polar surface area (TPSA) is 90.2 Å². The Kier molecular flexibility index (Phi) is 3.96. The van der Waals surface area contributed by atoms with Crippen LogP contribution in [0.2, 0.25) is 0 Å². The van der Waals surface area contributed by atoms with Crippen molar-refractivity contribution in [3.05, 3.63) is 54.9 Å². The average Bonchev–Trinajstić information content (AvgIpc) is 3.30. The molecule has 0 bridgehead atoms. The first-order valence-electron chi connectivity index (χ1n) is 7.67. The molecule has 0 radical (unpaired) electrons. The Morgan fingerprint density at radius 1 is 1.08 bits per heavy atom. The summed E-state index contributed by atoms with van der Waals surface area (Å²) in [7, 11) is 3.14. The van der Waals surface area contributed by atoms with E-state index in [2.05, 4.69) is 25.0 Å². The minimum Gasteiger partial charge on any atom is -0.349 e. The molecule has 4 aromatic heterocycles. The molecular formula is C17H16N6O2. The SMILES string of the molecule is COC(OC)c1nc(-c2ccc3ncnn3c2)c(-c2ccccn2)[nH]1. The molecule has 126 valence electrons. The minimum absolute atomic E-state index is 0.569. The molecule has 0 amide bonds. The lowest BCUT2D eigenvalue weighted by Crippen LogP contribution is -2.05. The minimum atomic E-state index is -0.591. The molecule has 0 unspecified atom stereocenters. The Bertz CT molecular complexity index is 991. The molecule has 8 nitrogen and oxygen atoms in total. The number of nitrogens with one attached hydrogen (secondary N) is 1. The molecule has 1 N–H and O–H groups in total. The van der Waals surface area contributed by atoms with Gasteiger partial charge in [-0.2, -0.15) is 5.10 Å². The first kappa shape index (κ1) is 15.4. The van der Waals surface area contributed by atoms with Crippen molar-refractivity contribution < 1.29 is 9.47 Å². The Labute approximate surface area is 143 Å². The largest absolute Gasteiger partial charge is 0.349 e. The number of pyridine rings is 2. The molecular weight excluding hydrogens is 320 g/mol. The number of aromatic amines is 1. The Balaban J connectivity index is 1.89. The van der Waals surface area contributed by atoms with Crippen LogP contribution in [0.5, 0.6) is 0 Å². The zero-order valence-electron chi connectivity index (χ0n) is 13.7. The van der Waals surface area contributed by atoms with Gasteiger partial charge in [-0.05, 0) is 24.3 Å². The van der Waals surface area contributed by atoms with Crippen LogP contribution in [0.3, 0.4) is 0 Å². The Morgan fingerprint density at radius 3 is 2.72 bits per heavy atom. The maximum Gasteiger partial charge on any atom is 0.216 e. The van der Waals surface area contributed by atoms with Gasteiger partial charge in [0.25, 0.3) is 0 Å². The van der Waals surface area contributed by atoms with Crippen LogP contribution in [0.1, 0.15) is 12.1 Å². The summed E-state index contributed by atoms with van der Waals surface area (Å²) < 4.78 is 12.3. The lowest BCUT2D eigenvalue weighted by atomic mass is 10.1. The van der Waals surface area contributed by atoms with Crippen LogP contribution < -0.4 is 0 Å². The second kappa shape index (κ2) is 6.42. The number of ether oxygens (including phenoxy) is 2. The van der Waals surface area contributed by atoms with Crippen molar-refractivity contribution in [1.29, 1.82) is 0 Å². The van der Waals surface area contributed by atoms with Crippen molar-refractivity contribution in [2.24, 2.45) is 0 Å². The predicted octanol–water partition coefficient (Wildman–Crippen LogP) is 2.47. The van der Waals surface area contributed by atoms with Gasteiger partial charge in [-0.15, -0.1) is 0 Å². The number of imidazole rings is 1. The van der Waals surface area contributed by atoms with Crippen LogP contribution in [-0.2, 0) is 9.47 Å². The number of nitrogens with zero attached hydrogens (tertiary/aromatic N) is 5. The quantitative estimate of drug-likeness (QED) is 0.563. The van der Waals surface area contributed by atoms with E-state index in [9.17, 15) is 0 Å². The van der Waals surface area contributed by atoms with E-state index in [0.29, 0.717) is 5.82 Å². The number of hydrogen-bond acceptors (Lipinski definition) is 6. The summed E-state index contributed by atoms with van der Waals surface area (Å²) in [5, 5.41) is 4.18. The highest BCUT2D eigenvalue weighted by Crippen LogP contribution is 2.31. The van der Waals surface area contributed by atoms with E-state index in [-0.39, 0.29) is 0 Å². The van der Waals surface area contributed by atoms with Gasteiger partial charge in [0.2, 0.25) is 6.29 Å². The second-order valence-corrected chi connectivity index (χ2v) is 5.34. The van der Waals surface area contributed by atoms with Gasteiger partial charge in [-0.3, -0.25) is 4.98 Å². The fourth-order valence-electron chi connectivity index (χ4n) is 2.68. The van der Waals surface area contributed by atoms with E-state index in [1.165, 1.54) is 6.33 Å². The molecule has 8 heteroatoms. The van der Waals surface area contributed by atoms with Gasteiger partial charge in [0.1, 0.15) is 6.33 Å². The lowest BCUT2D eigenvalue weighted by Gasteiger charge is -2.09. The average molecular weight is 336 g/mol. The number of methoxy groups -OCH3 is 2. The fourth-order valence-corrected chi connectivity index (χ4v) is 2.68. The Morgan fingerprint density at radius 2 is 1.96 bits per heavy atom. The highest BCUT2D eigenvalue weighted by Gasteiger charge is 2.20. The van der Waals surface area contributed by atoms with Crippen molar-refractivity contribution in [2.75, 3.05) is 14.2 Å². The van der Waals surface area contributed by atoms with Gasteiger partial charge in [-0.25, -0.2) is 14.5 Å². The van der Waals surface area contributed by atoms with E-state index in [1.807, 2.05) is 36.5 Å². The van der Waals surface area contributed by atoms with Crippen molar-refractivity contribution in [3.63, 3.8) is 0 Å². The standard InChI is InChI=1S/C17H16N6O2/c1-24-17(25-2)16-21-14(15(22-16)12-5-3-4-8-18-12)11-6-7-13-19-10-20-23(13)9-11/h3-10,17H,1-2H3,(H,21,22). The summed E-state index contributed by atoms with van der Waals surface area (Å²) in [5.41, 5.74) is 3.96. The summed E-state index contributed by atoms with van der Waals surface area (Å²) >= 11 is 0. The molecule has 0 spiro atoms. The van der Waals surface area contributed by atoms with Crippen molar-refractivity contribution in [3.8, 4) is 22.6 Å². The third kappa shape index (κ3) is 2.77. The van der Waals surface area contributed by atoms with E-state index >= 15 is 0 Å². The van der Waals surface area contributed by atoms with Gasteiger partial charge in [0.15, 0.2) is 11.5 Å². The first-order valence-corrected chi connectivity index (χ1v) is 7.67. The van der Waals surface area contributed by atoms with Crippen LogP contribution >= 0.6 is 0 Å². The molecule has 0 saturated carbocycles. The third-order valence-electron chi connectivity index (χ3n) is 3.84. The number of fused-ring (bicyclic) bond motifs is 1. The molecule has 4 rings (SSSR count). The molecule has 4 aromatic rings. The van der Waals surface area contributed by atoms with Crippen molar-refractivity contribution in [1.82, 2.24) is 29.5 Å². The monoisotopic (exact) mass is 336 g/mol. The molecule has 0 aliphatic heterocycles. The van der Waals surface area contributed by atoms with Crippen LogP contribution in [0, 0.1) is 0 Å². The van der Waals surface area contributed by atoms with Crippen molar-refractivity contribution >= 4 is 5.65 Å². The zero-order valence-corrected chi connectivity index (χ0v) is 13.7. The zero-order chi connectivity index (χ0) is 17.2. The molecule has 25 heavy (non-hydrogen) atoms. The summed E-state index contributed by atoms with van der Waals surface area (Å²) in [5.74, 6) is 0.569. The highest BCUT2D eigenvalue weighted by molar-refractivity contribution is 5.76. The van der Waals surface area contributed by atoms with Crippen LogP contribution in [0.25, 0.3) is 28.3 Å². The van der Waals surface area contributed by atoms with Gasteiger partial charge in [0, 0.05) is 32.2 Å². The molecule has 0 aliphatic carbocycles. The predicted molar refractivity (Wildman–Crippen MR) is 90.6 cm³/mol. The smallest absolute Gasteiger partial charge is 0.216 e. The lowest BCUT2D eigenvalue weighted by molar-refractivity contribution is -0.111. The fraction of sp³-hybridized carbons (Fsp3) is 0.176. The van der Waals surface area contributed by atoms with Gasteiger partial charge in [-0.1, -0.05) is 6.07 Å². The first-order chi connectivity index (χ1) is 12.3.